The van der Waals surface area contributed by atoms with Crippen LogP contribution in [0.25, 0.3) is 0 Å². The highest BCUT2D eigenvalue weighted by Crippen LogP contribution is 2.27. The van der Waals surface area contributed by atoms with Crippen LogP contribution in [0.15, 0.2) is 22.7 Å². The third kappa shape index (κ3) is 2.45. The summed E-state index contributed by atoms with van der Waals surface area (Å²) in [5.74, 6) is 0. The summed E-state index contributed by atoms with van der Waals surface area (Å²) in [5, 5.41) is 3.07. The maximum atomic E-state index is 11.7. The van der Waals surface area contributed by atoms with Gasteiger partial charge in [0.1, 0.15) is 6.61 Å². The molecule has 1 saturated heterocycles. The molecule has 0 aromatic heterocycles. The molecule has 17 heavy (non-hydrogen) atoms. The van der Waals surface area contributed by atoms with Crippen LogP contribution in [0.4, 0.5) is 10.5 Å². The lowest BCUT2D eigenvalue weighted by Gasteiger charge is -2.21. The summed E-state index contributed by atoms with van der Waals surface area (Å²) in [5.41, 5.74) is 2.01. The van der Waals surface area contributed by atoms with Crippen molar-refractivity contribution in [2.45, 2.75) is 13.0 Å². The monoisotopic (exact) mass is 298 g/mol. The molecule has 1 unspecified atom stereocenters. The second kappa shape index (κ2) is 5.06. The van der Waals surface area contributed by atoms with Gasteiger partial charge in [0.05, 0.1) is 6.04 Å². The fourth-order valence-electron chi connectivity index (χ4n) is 1.89. The standard InChI is InChI=1S/C12H15BrN2O2/c1-8-3-4-9(5-11(8)13)15-10(6-14-2)7-17-12(15)16/h3-5,10,14H,6-7H2,1-2H3. The van der Waals surface area contributed by atoms with E-state index in [9.17, 15) is 4.79 Å². The number of halogens is 1. The molecule has 0 spiro atoms. The zero-order valence-electron chi connectivity index (χ0n) is 9.87. The summed E-state index contributed by atoms with van der Waals surface area (Å²) < 4.78 is 6.08. The number of nitrogens with zero attached hydrogens (tertiary/aromatic N) is 1. The van der Waals surface area contributed by atoms with Crippen LogP contribution in [0.5, 0.6) is 0 Å². The van der Waals surface area contributed by atoms with Gasteiger partial charge in [-0.15, -0.1) is 0 Å². The molecule has 0 radical (unpaired) electrons. The first-order chi connectivity index (χ1) is 8.13. The van der Waals surface area contributed by atoms with Crippen LogP contribution < -0.4 is 10.2 Å². The van der Waals surface area contributed by atoms with Gasteiger partial charge in [-0.05, 0) is 31.7 Å². The molecule has 4 nitrogen and oxygen atoms in total. The number of likely N-dealkylation sites (N-methyl/N-ethyl adjacent to an activating group) is 1. The van der Waals surface area contributed by atoms with Crippen molar-refractivity contribution in [3.8, 4) is 0 Å². The summed E-state index contributed by atoms with van der Waals surface area (Å²) >= 11 is 3.48. The number of amides is 1. The Labute approximate surface area is 109 Å². The van der Waals surface area contributed by atoms with E-state index in [1.807, 2.05) is 32.2 Å². The topological polar surface area (TPSA) is 41.6 Å². The van der Waals surface area contributed by atoms with Gasteiger partial charge >= 0.3 is 6.09 Å². The second-order valence-corrected chi connectivity index (χ2v) is 4.95. The molecule has 5 heteroatoms. The number of carbonyl (C=O) groups excluding carboxylic acids is 1. The van der Waals surface area contributed by atoms with Gasteiger partial charge in [-0.2, -0.15) is 0 Å². The third-order valence-electron chi connectivity index (χ3n) is 2.83. The van der Waals surface area contributed by atoms with Crippen molar-refractivity contribution in [3.63, 3.8) is 0 Å². The Morgan fingerprint density at radius 3 is 3.00 bits per heavy atom. The molecule has 1 atom stereocenters. The number of aryl methyl sites for hydroxylation is 1. The zero-order valence-corrected chi connectivity index (χ0v) is 11.5. The van der Waals surface area contributed by atoms with Gasteiger partial charge < -0.3 is 10.1 Å². The highest BCUT2D eigenvalue weighted by molar-refractivity contribution is 9.10. The minimum atomic E-state index is -0.277. The largest absolute Gasteiger partial charge is 0.447 e. The van der Waals surface area contributed by atoms with Crippen LogP contribution in [0.1, 0.15) is 5.56 Å². The van der Waals surface area contributed by atoms with E-state index in [-0.39, 0.29) is 12.1 Å². The maximum absolute atomic E-state index is 11.7. The molecule has 1 N–H and O–H groups in total. The number of nitrogens with one attached hydrogen (secondary N) is 1. The summed E-state index contributed by atoms with van der Waals surface area (Å²) in [7, 11) is 1.87. The molecule has 1 aromatic rings. The zero-order chi connectivity index (χ0) is 12.4. The van der Waals surface area contributed by atoms with E-state index in [4.69, 9.17) is 4.74 Å². The number of hydrogen-bond donors (Lipinski definition) is 1. The molecule has 1 aliphatic heterocycles. The lowest BCUT2D eigenvalue weighted by Crippen LogP contribution is -2.40. The smallest absolute Gasteiger partial charge is 0.414 e. The van der Waals surface area contributed by atoms with Crippen LogP contribution in [-0.4, -0.2) is 32.3 Å². The summed E-state index contributed by atoms with van der Waals surface area (Å²) in [6, 6.07) is 5.93. The first-order valence-electron chi connectivity index (χ1n) is 5.50. The molecule has 1 fully saturated rings. The van der Waals surface area contributed by atoms with Crippen molar-refractivity contribution >= 4 is 27.7 Å². The van der Waals surface area contributed by atoms with E-state index in [0.717, 1.165) is 22.3 Å². The molecule has 1 aromatic carbocycles. The first-order valence-corrected chi connectivity index (χ1v) is 6.29. The van der Waals surface area contributed by atoms with Gasteiger partial charge in [-0.3, -0.25) is 4.90 Å². The van der Waals surface area contributed by atoms with Crippen LogP contribution in [-0.2, 0) is 4.74 Å². The van der Waals surface area contributed by atoms with Gasteiger partial charge in [-0.25, -0.2) is 4.79 Å². The van der Waals surface area contributed by atoms with Crippen molar-refractivity contribution in [1.29, 1.82) is 0 Å². The normalized spacial score (nSPS) is 19.6. The Balaban J connectivity index is 2.29. The quantitative estimate of drug-likeness (QED) is 0.931. The number of ether oxygens (including phenoxy) is 1. The Hall–Kier alpha value is -1.07. The molecular weight excluding hydrogens is 284 g/mol. The third-order valence-corrected chi connectivity index (χ3v) is 3.69. The summed E-state index contributed by atoms with van der Waals surface area (Å²) in [4.78, 5) is 13.4. The Morgan fingerprint density at radius 2 is 2.35 bits per heavy atom. The number of hydrogen-bond acceptors (Lipinski definition) is 3. The molecule has 2 rings (SSSR count). The van der Waals surface area contributed by atoms with Crippen molar-refractivity contribution in [2.24, 2.45) is 0 Å². The predicted molar refractivity (Wildman–Crippen MR) is 70.4 cm³/mol. The minimum absolute atomic E-state index is 0.0575. The Morgan fingerprint density at radius 1 is 1.59 bits per heavy atom. The van der Waals surface area contributed by atoms with E-state index < -0.39 is 0 Å². The number of anilines is 1. The highest BCUT2D eigenvalue weighted by atomic mass is 79.9. The molecule has 0 bridgehead atoms. The van der Waals surface area contributed by atoms with Crippen LogP contribution in [0, 0.1) is 6.92 Å². The molecule has 0 aliphatic carbocycles. The number of cyclic esters (lactones) is 1. The molecule has 92 valence electrons. The van der Waals surface area contributed by atoms with E-state index in [2.05, 4.69) is 21.2 Å². The molecule has 1 amide bonds. The van der Waals surface area contributed by atoms with E-state index in [1.165, 1.54) is 0 Å². The number of rotatable bonds is 3. The van der Waals surface area contributed by atoms with Gasteiger partial charge in [0.2, 0.25) is 0 Å². The van der Waals surface area contributed by atoms with Gasteiger partial charge in [-0.1, -0.05) is 22.0 Å². The fourth-order valence-corrected chi connectivity index (χ4v) is 2.26. The number of benzene rings is 1. The summed E-state index contributed by atoms with van der Waals surface area (Å²) in [6.45, 7) is 3.17. The second-order valence-electron chi connectivity index (χ2n) is 4.09. The van der Waals surface area contributed by atoms with Crippen LogP contribution in [0.3, 0.4) is 0 Å². The van der Waals surface area contributed by atoms with Crippen LogP contribution >= 0.6 is 15.9 Å². The lowest BCUT2D eigenvalue weighted by atomic mass is 10.2. The molecular formula is C12H15BrN2O2. The van der Waals surface area contributed by atoms with Crippen LogP contribution in [0.2, 0.25) is 0 Å². The Bertz CT molecular complexity index is 437. The van der Waals surface area contributed by atoms with E-state index in [1.54, 1.807) is 4.90 Å². The molecule has 1 heterocycles. The van der Waals surface area contributed by atoms with Crippen molar-refractivity contribution < 1.29 is 9.53 Å². The Kier molecular flexibility index (Phi) is 3.69. The van der Waals surface area contributed by atoms with Crippen molar-refractivity contribution in [2.75, 3.05) is 25.1 Å². The first kappa shape index (κ1) is 12.4. The molecule has 0 saturated carbocycles. The number of carbonyl (C=O) groups is 1. The van der Waals surface area contributed by atoms with E-state index >= 15 is 0 Å². The average molecular weight is 299 g/mol. The van der Waals surface area contributed by atoms with Gasteiger partial charge in [0.25, 0.3) is 0 Å². The highest BCUT2D eigenvalue weighted by Gasteiger charge is 2.33. The SMILES string of the molecule is CNCC1COC(=O)N1c1ccc(C)c(Br)c1. The lowest BCUT2D eigenvalue weighted by molar-refractivity contribution is 0.178. The fraction of sp³-hybridized carbons (Fsp3) is 0.417. The minimum Gasteiger partial charge on any atom is -0.447 e. The van der Waals surface area contributed by atoms with Gasteiger partial charge in [0, 0.05) is 16.7 Å². The summed E-state index contributed by atoms with van der Waals surface area (Å²) in [6.07, 6.45) is -0.277. The predicted octanol–water partition coefficient (Wildman–Crippen LogP) is 2.30. The van der Waals surface area contributed by atoms with Gasteiger partial charge in [0.15, 0.2) is 0 Å². The van der Waals surface area contributed by atoms with Crippen molar-refractivity contribution in [3.05, 3.63) is 28.2 Å². The molecule has 1 aliphatic rings. The van der Waals surface area contributed by atoms with Crippen molar-refractivity contribution in [1.82, 2.24) is 5.32 Å². The maximum Gasteiger partial charge on any atom is 0.414 e. The average Bonchev–Trinajstić information content (AvgIpc) is 2.65. The van der Waals surface area contributed by atoms with E-state index in [0.29, 0.717) is 6.61 Å².